The minimum atomic E-state index is -0.334. The number of aryl methyl sites for hydroxylation is 1. The van der Waals surface area contributed by atoms with E-state index in [0.29, 0.717) is 11.4 Å². The van der Waals surface area contributed by atoms with Crippen molar-refractivity contribution in [2.75, 3.05) is 0 Å². The van der Waals surface area contributed by atoms with Crippen LogP contribution in [-0.4, -0.2) is 0 Å². The fourth-order valence-corrected chi connectivity index (χ4v) is 2.77. The molecule has 0 fully saturated rings. The zero-order valence-corrected chi connectivity index (χ0v) is 12.8. The molecule has 0 aromatic heterocycles. The minimum Gasteiger partial charge on any atom is -0.324 e. The largest absolute Gasteiger partial charge is 0.324 e. The van der Waals surface area contributed by atoms with E-state index in [1.54, 1.807) is 6.07 Å². The summed E-state index contributed by atoms with van der Waals surface area (Å²) in [5.74, 6) is -0.334. The summed E-state index contributed by atoms with van der Waals surface area (Å²) in [6.07, 6.45) is 0.571. The number of hydrogen-bond acceptors (Lipinski definition) is 1. The Morgan fingerprint density at radius 3 is 2.68 bits per heavy atom. The van der Waals surface area contributed by atoms with Crippen LogP contribution in [0.1, 0.15) is 22.7 Å². The fraction of sp³-hybridized carbons (Fsp3) is 0.200. The monoisotopic (exact) mass is 341 g/mol. The van der Waals surface area contributed by atoms with Gasteiger partial charge in [0, 0.05) is 15.5 Å². The van der Waals surface area contributed by atoms with Crippen LogP contribution in [0.15, 0.2) is 40.9 Å². The molecule has 0 bridgehead atoms. The molecule has 2 rings (SSSR count). The van der Waals surface area contributed by atoms with Crippen LogP contribution in [-0.2, 0) is 6.42 Å². The first-order chi connectivity index (χ1) is 8.97. The topological polar surface area (TPSA) is 26.0 Å². The van der Waals surface area contributed by atoms with Crippen molar-refractivity contribution in [3.8, 4) is 0 Å². The molecule has 0 amide bonds. The highest BCUT2D eigenvalue weighted by Gasteiger charge is 2.13. The summed E-state index contributed by atoms with van der Waals surface area (Å²) in [5, 5.41) is 0.416. The van der Waals surface area contributed by atoms with Gasteiger partial charge < -0.3 is 5.73 Å². The van der Waals surface area contributed by atoms with Crippen LogP contribution >= 0.6 is 27.5 Å². The highest BCUT2D eigenvalue weighted by molar-refractivity contribution is 9.10. The summed E-state index contributed by atoms with van der Waals surface area (Å²) in [6.45, 7) is 2.02. The van der Waals surface area contributed by atoms with E-state index in [2.05, 4.69) is 15.9 Å². The number of halogens is 3. The second kappa shape index (κ2) is 6.04. The van der Waals surface area contributed by atoms with Crippen molar-refractivity contribution in [1.82, 2.24) is 0 Å². The lowest BCUT2D eigenvalue weighted by Crippen LogP contribution is -2.14. The van der Waals surface area contributed by atoms with Crippen molar-refractivity contribution in [3.05, 3.63) is 68.4 Å². The lowest BCUT2D eigenvalue weighted by Gasteiger charge is -2.15. The molecule has 0 spiro atoms. The van der Waals surface area contributed by atoms with Gasteiger partial charge in [-0.15, -0.1) is 0 Å². The van der Waals surface area contributed by atoms with Crippen molar-refractivity contribution < 1.29 is 4.39 Å². The molecule has 4 heteroatoms. The summed E-state index contributed by atoms with van der Waals surface area (Å²) in [6, 6.07) is 10.3. The molecule has 0 aliphatic heterocycles. The first-order valence-corrected chi connectivity index (χ1v) is 7.10. The molecule has 1 unspecified atom stereocenters. The Bertz CT molecular complexity index is 601. The molecular formula is C15H14BrClFN. The maximum Gasteiger partial charge on any atom is 0.124 e. The Balaban J connectivity index is 2.25. The summed E-state index contributed by atoms with van der Waals surface area (Å²) in [4.78, 5) is 0. The molecular weight excluding hydrogens is 329 g/mol. The van der Waals surface area contributed by atoms with E-state index in [4.69, 9.17) is 17.3 Å². The molecule has 2 aromatic carbocycles. The predicted molar refractivity (Wildman–Crippen MR) is 80.9 cm³/mol. The van der Waals surface area contributed by atoms with Crippen molar-refractivity contribution in [3.63, 3.8) is 0 Å². The number of rotatable bonds is 3. The van der Waals surface area contributed by atoms with Gasteiger partial charge in [-0.05, 0) is 42.7 Å². The lowest BCUT2D eigenvalue weighted by molar-refractivity contribution is 0.625. The first-order valence-electron chi connectivity index (χ1n) is 5.93. The second-order valence-corrected chi connectivity index (χ2v) is 5.83. The van der Waals surface area contributed by atoms with Crippen LogP contribution in [0.25, 0.3) is 0 Å². The third-order valence-corrected chi connectivity index (χ3v) is 4.08. The van der Waals surface area contributed by atoms with Gasteiger partial charge >= 0.3 is 0 Å². The van der Waals surface area contributed by atoms with E-state index < -0.39 is 0 Å². The molecule has 0 aliphatic rings. The molecule has 1 atom stereocenters. The van der Waals surface area contributed by atoms with Crippen molar-refractivity contribution >= 4 is 27.5 Å². The van der Waals surface area contributed by atoms with Gasteiger partial charge in [0.25, 0.3) is 0 Å². The van der Waals surface area contributed by atoms with E-state index in [1.807, 2.05) is 25.1 Å². The van der Waals surface area contributed by atoms with Crippen LogP contribution in [0.3, 0.4) is 0 Å². The average molecular weight is 343 g/mol. The zero-order valence-electron chi connectivity index (χ0n) is 10.5. The minimum absolute atomic E-state index is 0.183. The second-order valence-electron chi connectivity index (χ2n) is 4.57. The van der Waals surface area contributed by atoms with Crippen LogP contribution < -0.4 is 5.73 Å². The van der Waals surface area contributed by atoms with Gasteiger partial charge in [-0.2, -0.15) is 0 Å². The molecule has 0 heterocycles. The maximum absolute atomic E-state index is 13.0. The van der Waals surface area contributed by atoms with E-state index in [0.717, 1.165) is 21.2 Å². The van der Waals surface area contributed by atoms with Crippen LogP contribution in [0.5, 0.6) is 0 Å². The van der Waals surface area contributed by atoms with E-state index in [1.165, 1.54) is 12.1 Å². The Morgan fingerprint density at radius 2 is 2.00 bits per heavy atom. The quantitative estimate of drug-likeness (QED) is 0.852. The van der Waals surface area contributed by atoms with Crippen LogP contribution in [0.4, 0.5) is 4.39 Å². The van der Waals surface area contributed by atoms with Gasteiger partial charge in [-0.1, -0.05) is 51.3 Å². The third kappa shape index (κ3) is 3.56. The molecule has 0 aliphatic carbocycles. The Labute approximate surface area is 125 Å². The average Bonchev–Trinajstić information content (AvgIpc) is 2.35. The molecule has 19 heavy (non-hydrogen) atoms. The highest BCUT2D eigenvalue weighted by Crippen LogP contribution is 2.28. The predicted octanol–water partition coefficient (Wildman–Crippen LogP) is 4.79. The summed E-state index contributed by atoms with van der Waals surface area (Å²) in [5.41, 5.74) is 9.25. The summed E-state index contributed by atoms with van der Waals surface area (Å²) < 4.78 is 14.0. The molecule has 0 radical (unpaired) electrons. The number of nitrogens with two attached hydrogens (primary N) is 1. The Hall–Kier alpha value is -0.900. The first kappa shape index (κ1) is 14.5. The lowest BCUT2D eigenvalue weighted by atomic mass is 9.98. The van der Waals surface area contributed by atoms with E-state index in [9.17, 15) is 4.39 Å². The van der Waals surface area contributed by atoms with Gasteiger partial charge in [0.05, 0.1) is 0 Å². The van der Waals surface area contributed by atoms with Gasteiger partial charge in [0.15, 0.2) is 0 Å². The Morgan fingerprint density at radius 1 is 1.26 bits per heavy atom. The summed E-state index contributed by atoms with van der Waals surface area (Å²) in [7, 11) is 0. The standard InChI is InChI=1S/C15H14BrClFN/c1-9-2-5-13(16)12(6-9)15(19)7-10-3-4-11(18)8-14(10)17/h2-6,8,15H,7,19H2,1H3. The third-order valence-electron chi connectivity index (χ3n) is 3.01. The van der Waals surface area contributed by atoms with E-state index in [-0.39, 0.29) is 11.9 Å². The van der Waals surface area contributed by atoms with Gasteiger partial charge in [-0.25, -0.2) is 4.39 Å². The van der Waals surface area contributed by atoms with Crippen molar-refractivity contribution in [2.24, 2.45) is 5.73 Å². The van der Waals surface area contributed by atoms with Crippen LogP contribution in [0.2, 0.25) is 5.02 Å². The normalized spacial score (nSPS) is 12.5. The highest BCUT2D eigenvalue weighted by atomic mass is 79.9. The smallest absolute Gasteiger partial charge is 0.124 e. The molecule has 2 aromatic rings. The van der Waals surface area contributed by atoms with Crippen molar-refractivity contribution in [1.29, 1.82) is 0 Å². The molecule has 0 saturated heterocycles. The molecule has 1 nitrogen and oxygen atoms in total. The molecule has 2 N–H and O–H groups in total. The Kier molecular flexibility index (Phi) is 4.61. The van der Waals surface area contributed by atoms with E-state index >= 15 is 0 Å². The molecule has 0 saturated carbocycles. The van der Waals surface area contributed by atoms with Gasteiger partial charge in [0.2, 0.25) is 0 Å². The maximum atomic E-state index is 13.0. The van der Waals surface area contributed by atoms with Gasteiger partial charge in [0.1, 0.15) is 5.82 Å². The number of benzene rings is 2. The molecule has 100 valence electrons. The van der Waals surface area contributed by atoms with Crippen LogP contribution in [0, 0.1) is 12.7 Å². The SMILES string of the molecule is Cc1ccc(Br)c(C(N)Cc2ccc(F)cc2Cl)c1. The number of hydrogen-bond donors (Lipinski definition) is 1. The summed E-state index contributed by atoms with van der Waals surface area (Å²) >= 11 is 9.53. The zero-order chi connectivity index (χ0) is 14.0. The van der Waals surface area contributed by atoms with Gasteiger partial charge in [-0.3, -0.25) is 0 Å². The fourth-order valence-electron chi connectivity index (χ4n) is 1.98. The van der Waals surface area contributed by atoms with Crippen molar-refractivity contribution in [2.45, 2.75) is 19.4 Å².